The van der Waals surface area contributed by atoms with E-state index in [9.17, 15) is 4.39 Å². The van der Waals surface area contributed by atoms with E-state index in [2.05, 4.69) is 47.8 Å². The highest BCUT2D eigenvalue weighted by molar-refractivity contribution is 9.13. The van der Waals surface area contributed by atoms with Crippen molar-refractivity contribution in [2.75, 3.05) is 0 Å². The summed E-state index contributed by atoms with van der Waals surface area (Å²) < 4.78 is 15.2. The van der Waals surface area contributed by atoms with Crippen LogP contribution in [0, 0.1) is 5.82 Å². The van der Waals surface area contributed by atoms with Crippen LogP contribution in [0.15, 0.2) is 38.6 Å². The molecular formula is C11H6Br3FS. The van der Waals surface area contributed by atoms with Crippen molar-refractivity contribution < 1.29 is 4.39 Å². The van der Waals surface area contributed by atoms with Crippen molar-refractivity contribution in [2.45, 2.75) is 4.83 Å². The van der Waals surface area contributed by atoms with Gasteiger partial charge in [-0.15, -0.1) is 11.3 Å². The normalized spacial score (nSPS) is 12.8. The molecule has 1 aromatic carbocycles. The zero-order valence-electron chi connectivity index (χ0n) is 7.88. The summed E-state index contributed by atoms with van der Waals surface area (Å²) in [7, 11) is 0. The second-order valence-corrected chi connectivity index (χ2v) is 7.36. The summed E-state index contributed by atoms with van der Waals surface area (Å²) in [5.74, 6) is -0.211. The van der Waals surface area contributed by atoms with Gasteiger partial charge in [0.05, 0.1) is 8.61 Å². The Kier molecular flexibility index (Phi) is 4.21. The molecule has 2 rings (SSSR count). The third kappa shape index (κ3) is 2.75. The van der Waals surface area contributed by atoms with Crippen molar-refractivity contribution >= 4 is 59.1 Å². The summed E-state index contributed by atoms with van der Waals surface area (Å²) in [6, 6.07) is 8.64. The Hall–Kier alpha value is 0.290. The van der Waals surface area contributed by atoms with Gasteiger partial charge in [-0.25, -0.2) is 4.39 Å². The second kappa shape index (κ2) is 5.29. The van der Waals surface area contributed by atoms with Gasteiger partial charge in [0.25, 0.3) is 0 Å². The number of thiophene rings is 1. The second-order valence-electron chi connectivity index (χ2n) is 3.19. The topological polar surface area (TPSA) is 0 Å². The molecule has 0 saturated carbocycles. The third-order valence-electron chi connectivity index (χ3n) is 2.06. The standard InChI is InChI=1S/C11H6Br3FS/c12-8-5-9(16-11(8)14)10(13)6-2-1-3-7(15)4-6/h1-5,10H. The van der Waals surface area contributed by atoms with Crippen LogP contribution < -0.4 is 0 Å². The molecule has 84 valence electrons. The van der Waals surface area contributed by atoms with Crippen LogP contribution in [0.3, 0.4) is 0 Å². The Bertz CT molecular complexity index is 490. The number of alkyl halides is 1. The Morgan fingerprint density at radius 1 is 1.19 bits per heavy atom. The van der Waals surface area contributed by atoms with Gasteiger partial charge in [0.1, 0.15) is 5.82 Å². The molecule has 5 heteroatoms. The first kappa shape index (κ1) is 12.7. The van der Waals surface area contributed by atoms with E-state index in [1.165, 1.54) is 6.07 Å². The van der Waals surface area contributed by atoms with E-state index in [1.54, 1.807) is 23.5 Å². The van der Waals surface area contributed by atoms with Crippen LogP contribution in [0.1, 0.15) is 15.3 Å². The molecule has 0 N–H and O–H groups in total. The van der Waals surface area contributed by atoms with E-state index in [-0.39, 0.29) is 10.6 Å². The molecule has 0 spiro atoms. The smallest absolute Gasteiger partial charge is 0.123 e. The molecule has 0 amide bonds. The van der Waals surface area contributed by atoms with E-state index < -0.39 is 0 Å². The zero-order valence-corrected chi connectivity index (χ0v) is 13.5. The molecule has 1 heterocycles. The fourth-order valence-corrected chi connectivity index (χ4v) is 4.11. The molecule has 1 aromatic heterocycles. The number of benzene rings is 1. The molecule has 1 unspecified atom stereocenters. The van der Waals surface area contributed by atoms with Gasteiger partial charge in [-0.3, -0.25) is 0 Å². The largest absolute Gasteiger partial charge is 0.207 e. The molecule has 0 aliphatic carbocycles. The molecule has 0 aliphatic heterocycles. The first-order valence-electron chi connectivity index (χ1n) is 4.42. The Morgan fingerprint density at radius 3 is 2.50 bits per heavy atom. The SMILES string of the molecule is Fc1cccc(C(Br)c2cc(Br)c(Br)s2)c1. The van der Waals surface area contributed by atoms with E-state index in [0.717, 1.165) is 18.7 Å². The first-order valence-corrected chi connectivity index (χ1v) is 7.74. The zero-order chi connectivity index (χ0) is 11.7. The number of rotatable bonds is 2. The lowest BCUT2D eigenvalue weighted by atomic mass is 10.1. The average Bonchev–Trinajstić information content (AvgIpc) is 2.58. The van der Waals surface area contributed by atoms with Crippen LogP contribution in [0.2, 0.25) is 0 Å². The summed E-state index contributed by atoms with van der Waals surface area (Å²) in [5, 5.41) is 0. The number of hydrogen-bond donors (Lipinski definition) is 0. The van der Waals surface area contributed by atoms with Gasteiger partial charge in [0, 0.05) is 9.35 Å². The van der Waals surface area contributed by atoms with Crippen molar-refractivity contribution in [3.05, 3.63) is 54.8 Å². The Balaban J connectivity index is 2.35. The predicted octanol–water partition coefficient (Wildman–Crippen LogP) is 5.90. The van der Waals surface area contributed by atoms with Crippen LogP contribution in [-0.2, 0) is 0 Å². The van der Waals surface area contributed by atoms with E-state index in [1.807, 2.05) is 12.1 Å². The monoisotopic (exact) mass is 426 g/mol. The molecule has 0 radical (unpaired) electrons. The summed E-state index contributed by atoms with van der Waals surface area (Å²) in [6.07, 6.45) is 0. The van der Waals surface area contributed by atoms with Crippen molar-refractivity contribution in [3.63, 3.8) is 0 Å². The van der Waals surface area contributed by atoms with Crippen LogP contribution in [-0.4, -0.2) is 0 Å². The predicted molar refractivity (Wildman–Crippen MR) is 76.9 cm³/mol. The number of halogens is 4. The maximum absolute atomic E-state index is 13.1. The molecule has 1 atom stereocenters. The van der Waals surface area contributed by atoms with Gasteiger partial charge < -0.3 is 0 Å². The lowest BCUT2D eigenvalue weighted by Gasteiger charge is -2.07. The van der Waals surface area contributed by atoms with E-state index in [4.69, 9.17) is 0 Å². The van der Waals surface area contributed by atoms with E-state index >= 15 is 0 Å². The Labute approximate surface area is 122 Å². The molecule has 16 heavy (non-hydrogen) atoms. The van der Waals surface area contributed by atoms with Gasteiger partial charge in [0.15, 0.2) is 0 Å². The summed E-state index contributed by atoms with van der Waals surface area (Å²) in [6.45, 7) is 0. The Morgan fingerprint density at radius 2 is 1.94 bits per heavy atom. The quantitative estimate of drug-likeness (QED) is 0.522. The van der Waals surface area contributed by atoms with E-state index in [0.29, 0.717) is 0 Å². The summed E-state index contributed by atoms with van der Waals surface area (Å²) in [5.41, 5.74) is 0.918. The van der Waals surface area contributed by atoms with Crippen molar-refractivity contribution in [1.82, 2.24) is 0 Å². The van der Waals surface area contributed by atoms with Gasteiger partial charge in [0.2, 0.25) is 0 Å². The van der Waals surface area contributed by atoms with Gasteiger partial charge in [-0.05, 0) is 55.6 Å². The minimum absolute atomic E-state index is 0.0239. The summed E-state index contributed by atoms with van der Waals surface area (Å²) >= 11 is 12.1. The van der Waals surface area contributed by atoms with Gasteiger partial charge >= 0.3 is 0 Å². The highest BCUT2D eigenvalue weighted by atomic mass is 79.9. The third-order valence-corrected chi connectivity index (χ3v) is 6.70. The van der Waals surface area contributed by atoms with Crippen molar-refractivity contribution in [3.8, 4) is 0 Å². The fourth-order valence-electron chi connectivity index (χ4n) is 1.32. The first-order chi connectivity index (χ1) is 7.58. The molecule has 2 aromatic rings. The molecular weight excluding hydrogens is 423 g/mol. The maximum atomic E-state index is 13.1. The van der Waals surface area contributed by atoms with Crippen LogP contribution in [0.5, 0.6) is 0 Å². The average molecular weight is 429 g/mol. The lowest BCUT2D eigenvalue weighted by Crippen LogP contribution is -1.89. The highest BCUT2D eigenvalue weighted by Crippen LogP contribution is 2.41. The highest BCUT2D eigenvalue weighted by Gasteiger charge is 2.15. The fraction of sp³-hybridized carbons (Fsp3) is 0.0909. The molecule has 0 saturated heterocycles. The molecule has 0 aliphatic rings. The minimum atomic E-state index is -0.211. The van der Waals surface area contributed by atoms with Crippen LogP contribution >= 0.6 is 59.1 Å². The maximum Gasteiger partial charge on any atom is 0.123 e. The summed E-state index contributed by atoms with van der Waals surface area (Å²) in [4.78, 5) is 1.15. The van der Waals surface area contributed by atoms with Crippen LogP contribution in [0.25, 0.3) is 0 Å². The molecule has 0 fully saturated rings. The minimum Gasteiger partial charge on any atom is -0.207 e. The van der Waals surface area contributed by atoms with Crippen molar-refractivity contribution in [2.24, 2.45) is 0 Å². The lowest BCUT2D eigenvalue weighted by molar-refractivity contribution is 0.626. The van der Waals surface area contributed by atoms with Crippen molar-refractivity contribution in [1.29, 1.82) is 0 Å². The number of hydrogen-bond acceptors (Lipinski definition) is 1. The molecule has 0 bridgehead atoms. The van der Waals surface area contributed by atoms with Gasteiger partial charge in [-0.2, -0.15) is 0 Å². The molecule has 0 nitrogen and oxygen atoms in total. The van der Waals surface area contributed by atoms with Gasteiger partial charge in [-0.1, -0.05) is 28.1 Å². The van der Waals surface area contributed by atoms with Crippen LogP contribution in [0.4, 0.5) is 4.39 Å².